The van der Waals surface area contributed by atoms with E-state index in [1.807, 2.05) is 14.0 Å². The van der Waals surface area contributed by atoms with Gasteiger partial charge >= 0.3 is 9.28 Å². The van der Waals surface area contributed by atoms with Crippen molar-refractivity contribution in [3.05, 3.63) is 0 Å². The van der Waals surface area contributed by atoms with E-state index in [-0.39, 0.29) is 5.54 Å². The third kappa shape index (κ3) is 4.59. The third-order valence-corrected chi connectivity index (χ3v) is 2.71. The Bertz CT molecular complexity index is 70.0. The normalized spacial score (nSPS) is 14.3. The minimum atomic E-state index is -2.34. The zero-order valence-electron chi connectivity index (χ0n) is 5.96. The van der Waals surface area contributed by atoms with Gasteiger partial charge < -0.3 is 14.9 Å². The van der Waals surface area contributed by atoms with Gasteiger partial charge in [-0.2, -0.15) is 0 Å². The average Bonchev–Trinajstić information content (AvgIpc) is 1.82. The predicted molar refractivity (Wildman–Crippen MR) is 39.6 cm³/mol. The van der Waals surface area contributed by atoms with Gasteiger partial charge in [0.1, 0.15) is 0 Å². The summed E-state index contributed by atoms with van der Waals surface area (Å²) in [6, 6.07) is 0. The van der Waals surface area contributed by atoms with E-state index >= 15 is 0 Å². The molecule has 0 radical (unpaired) electrons. The molecular formula is C5H15NO2Si. The average molecular weight is 149 g/mol. The molecule has 0 rings (SSSR count). The van der Waals surface area contributed by atoms with Crippen LogP contribution in [0.1, 0.15) is 13.3 Å². The predicted octanol–water partition coefficient (Wildman–Crippen LogP) is -0.809. The van der Waals surface area contributed by atoms with Crippen molar-refractivity contribution in [3.63, 3.8) is 0 Å². The highest BCUT2D eigenvalue weighted by Gasteiger charge is 2.12. The fraction of sp³-hybridized carbons (Fsp3) is 1.00. The largest absolute Gasteiger partial charge is 0.413 e. The van der Waals surface area contributed by atoms with Crippen LogP contribution in [0.2, 0.25) is 5.54 Å². The molecule has 1 atom stereocenters. The fourth-order valence-corrected chi connectivity index (χ4v) is 0.986. The van der Waals surface area contributed by atoms with Crippen molar-refractivity contribution < 1.29 is 9.59 Å². The van der Waals surface area contributed by atoms with Crippen LogP contribution in [0.15, 0.2) is 0 Å². The first kappa shape index (κ1) is 9.10. The molecule has 1 unspecified atom stereocenters. The van der Waals surface area contributed by atoms with Crippen LogP contribution >= 0.6 is 0 Å². The molecule has 0 heterocycles. The minimum absolute atomic E-state index is 0.109. The van der Waals surface area contributed by atoms with Crippen LogP contribution in [0.4, 0.5) is 0 Å². The van der Waals surface area contributed by atoms with Crippen molar-refractivity contribution in [2.45, 2.75) is 18.9 Å². The Balaban J connectivity index is 3.16. The lowest BCUT2D eigenvalue weighted by Gasteiger charge is -2.09. The fourth-order valence-electron chi connectivity index (χ4n) is 0.521. The molecule has 0 saturated carbocycles. The first-order valence-corrected chi connectivity index (χ1v) is 4.89. The Morgan fingerprint density at radius 1 is 1.56 bits per heavy atom. The second-order valence-electron chi connectivity index (χ2n) is 2.28. The standard InChI is InChI=1S/C5H15NO2Si/c1-5(9(7)8)3-4-6-2/h5-9H,3-4H2,1-2H3. The molecule has 0 aromatic rings. The lowest BCUT2D eigenvalue weighted by Crippen LogP contribution is -2.21. The van der Waals surface area contributed by atoms with Crippen LogP contribution in [-0.2, 0) is 0 Å². The van der Waals surface area contributed by atoms with Crippen molar-refractivity contribution in [2.75, 3.05) is 13.6 Å². The molecule has 0 fully saturated rings. The van der Waals surface area contributed by atoms with E-state index in [0.29, 0.717) is 0 Å². The van der Waals surface area contributed by atoms with E-state index in [0.717, 1.165) is 13.0 Å². The zero-order valence-corrected chi connectivity index (χ0v) is 7.12. The lowest BCUT2D eigenvalue weighted by atomic mass is 10.3. The molecule has 0 bridgehead atoms. The second kappa shape index (κ2) is 4.93. The molecule has 3 N–H and O–H groups in total. The summed E-state index contributed by atoms with van der Waals surface area (Å²) in [5, 5.41) is 2.95. The van der Waals surface area contributed by atoms with Crippen LogP contribution in [0.25, 0.3) is 0 Å². The van der Waals surface area contributed by atoms with Crippen molar-refractivity contribution in [3.8, 4) is 0 Å². The smallest absolute Gasteiger partial charge is 0.318 e. The Morgan fingerprint density at radius 3 is 2.44 bits per heavy atom. The Hall–Kier alpha value is 0.0969. The van der Waals surface area contributed by atoms with E-state index in [9.17, 15) is 0 Å². The highest BCUT2D eigenvalue weighted by Crippen LogP contribution is 2.08. The number of hydrogen-bond donors (Lipinski definition) is 3. The van der Waals surface area contributed by atoms with Gasteiger partial charge in [0, 0.05) is 0 Å². The molecule has 4 heteroatoms. The summed E-state index contributed by atoms with van der Waals surface area (Å²) in [4.78, 5) is 17.4. The van der Waals surface area contributed by atoms with Gasteiger partial charge in [0.25, 0.3) is 0 Å². The van der Waals surface area contributed by atoms with E-state index in [1.54, 1.807) is 0 Å². The molecule has 0 aliphatic heterocycles. The maximum Gasteiger partial charge on any atom is 0.318 e. The molecule has 56 valence electrons. The third-order valence-electron chi connectivity index (χ3n) is 1.36. The number of rotatable bonds is 4. The summed E-state index contributed by atoms with van der Waals surface area (Å²) in [6.45, 7) is 2.74. The maximum atomic E-state index is 8.71. The molecule has 0 aliphatic carbocycles. The molecule has 0 amide bonds. The quantitative estimate of drug-likeness (QED) is 0.458. The van der Waals surface area contributed by atoms with Gasteiger partial charge in [0.15, 0.2) is 0 Å². The van der Waals surface area contributed by atoms with Crippen molar-refractivity contribution in [2.24, 2.45) is 0 Å². The van der Waals surface area contributed by atoms with Gasteiger partial charge in [-0.05, 0) is 25.6 Å². The molecule has 9 heavy (non-hydrogen) atoms. The molecule has 0 aromatic carbocycles. The Morgan fingerprint density at radius 2 is 2.11 bits per heavy atom. The van der Waals surface area contributed by atoms with E-state index in [4.69, 9.17) is 9.59 Å². The maximum absolute atomic E-state index is 8.71. The summed E-state index contributed by atoms with van der Waals surface area (Å²) >= 11 is 0. The van der Waals surface area contributed by atoms with E-state index in [1.165, 1.54) is 0 Å². The van der Waals surface area contributed by atoms with Crippen LogP contribution in [-0.4, -0.2) is 32.5 Å². The van der Waals surface area contributed by atoms with Crippen molar-refractivity contribution in [1.82, 2.24) is 5.32 Å². The van der Waals surface area contributed by atoms with Crippen LogP contribution in [0.5, 0.6) is 0 Å². The number of hydrogen-bond acceptors (Lipinski definition) is 3. The minimum Gasteiger partial charge on any atom is -0.413 e. The summed E-state index contributed by atoms with van der Waals surface area (Å²) in [6.07, 6.45) is 0.861. The van der Waals surface area contributed by atoms with Gasteiger partial charge in [-0.25, -0.2) is 0 Å². The summed E-state index contributed by atoms with van der Waals surface area (Å²) < 4.78 is 0. The first-order chi connectivity index (χ1) is 4.18. The van der Waals surface area contributed by atoms with Crippen molar-refractivity contribution in [1.29, 1.82) is 0 Å². The highest BCUT2D eigenvalue weighted by atomic mass is 28.3. The van der Waals surface area contributed by atoms with Crippen molar-refractivity contribution >= 4 is 9.28 Å². The van der Waals surface area contributed by atoms with Crippen LogP contribution in [0.3, 0.4) is 0 Å². The Labute approximate surface area is 57.6 Å². The SMILES string of the molecule is CNCCC(C)[SiH](O)O. The zero-order chi connectivity index (χ0) is 7.28. The van der Waals surface area contributed by atoms with E-state index < -0.39 is 9.28 Å². The summed E-state index contributed by atoms with van der Waals surface area (Å²) in [5.41, 5.74) is 0.109. The summed E-state index contributed by atoms with van der Waals surface area (Å²) in [7, 11) is -0.477. The van der Waals surface area contributed by atoms with Crippen LogP contribution < -0.4 is 5.32 Å². The van der Waals surface area contributed by atoms with Gasteiger partial charge in [0.05, 0.1) is 0 Å². The molecule has 0 saturated heterocycles. The first-order valence-electron chi connectivity index (χ1n) is 3.19. The van der Waals surface area contributed by atoms with Gasteiger partial charge in [-0.15, -0.1) is 0 Å². The number of nitrogens with one attached hydrogen (secondary N) is 1. The molecular weight excluding hydrogens is 134 g/mol. The molecule has 0 aliphatic rings. The van der Waals surface area contributed by atoms with Gasteiger partial charge in [0.2, 0.25) is 0 Å². The highest BCUT2D eigenvalue weighted by molar-refractivity contribution is 6.42. The van der Waals surface area contributed by atoms with E-state index in [2.05, 4.69) is 5.32 Å². The van der Waals surface area contributed by atoms with Gasteiger partial charge in [-0.1, -0.05) is 6.92 Å². The second-order valence-corrected chi connectivity index (χ2v) is 4.25. The molecule has 0 spiro atoms. The molecule has 3 nitrogen and oxygen atoms in total. The monoisotopic (exact) mass is 149 g/mol. The topological polar surface area (TPSA) is 52.5 Å². The molecule has 0 aromatic heterocycles. The lowest BCUT2D eigenvalue weighted by molar-refractivity contribution is 0.383. The summed E-state index contributed by atoms with van der Waals surface area (Å²) in [5.74, 6) is 0. The Kier molecular flexibility index (Phi) is 4.98. The van der Waals surface area contributed by atoms with Crippen LogP contribution in [0, 0.1) is 0 Å². The van der Waals surface area contributed by atoms with Gasteiger partial charge in [-0.3, -0.25) is 0 Å².